The van der Waals surface area contributed by atoms with Gasteiger partial charge < -0.3 is 14.3 Å². The number of carbonyl (C=O) groups excluding carboxylic acids is 1. The summed E-state index contributed by atoms with van der Waals surface area (Å²) in [6.07, 6.45) is 0.0365. The van der Waals surface area contributed by atoms with Crippen LogP contribution in [0.15, 0.2) is 53.7 Å². The fourth-order valence-electron chi connectivity index (χ4n) is 2.55. The molecule has 31 heavy (non-hydrogen) atoms. The van der Waals surface area contributed by atoms with Gasteiger partial charge >= 0.3 is 6.09 Å². The molecule has 11 nitrogen and oxygen atoms in total. The number of anilines is 1. The van der Waals surface area contributed by atoms with Gasteiger partial charge in [0.05, 0.1) is 12.3 Å². The molecule has 0 saturated heterocycles. The fraction of sp³-hybridized carbons (Fsp3) is 0.300. The Balaban J connectivity index is 1.63. The van der Waals surface area contributed by atoms with Gasteiger partial charge in [-0.1, -0.05) is 41.6 Å². The van der Waals surface area contributed by atoms with Gasteiger partial charge in [0, 0.05) is 32.7 Å². The van der Waals surface area contributed by atoms with Crippen LogP contribution in [0.25, 0.3) is 0 Å². The van der Waals surface area contributed by atoms with E-state index in [9.17, 15) is 4.79 Å². The molecule has 3 aromatic rings. The smallest absolute Gasteiger partial charge is 0.412 e. The molecule has 162 valence electrons. The van der Waals surface area contributed by atoms with Crippen LogP contribution in [-0.2, 0) is 28.0 Å². The lowest BCUT2D eigenvalue weighted by Crippen LogP contribution is -2.16. The number of amides is 1. The number of oxime groups is 1. The molecule has 2 aromatic heterocycles. The molecule has 0 aliphatic heterocycles. The maximum Gasteiger partial charge on any atom is 0.412 e. The molecule has 1 amide bonds. The van der Waals surface area contributed by atoms with Crippen molar-refractivity contribution in [3.05, 3.63) is 65.6 Å². The summed E-state index contributed by atoms with van der Waals surface area (Å²) in [7, 11) is 3.31. The lowest BCUT2D eigenvalue weighted by molar-refractivity contribution is 0.128. The number of ether oxygens (including phenoxy) is 2. The van der Waals surface area contributed by atoms with Crippen LogP contribution in [0.4, 0.5) is 10.6 Å². The number of hydrogen-bond acceptors (Lipinski definition) is 9. The highest BCUT2D eigenvalue weighted by molar-refractivity contribution is 6.10. The topological polar surface area (TPSA) is 126 Å². The summed E-state index contributed by atoms with van der Waals surface area (Å²) in [6.45, 7) is 0.866. The van der Waals surface area contributed by atoms with Crippen molar-refractivity contribution in [1.82, 2.24) is 25.2 Å². The van der Waals surface area contributed by atoms with Crippen molar-refractivity contribution in [2.45, 2.75) is 13.0 Å². The number of benzene rings is 1. The molecular weight excluding hydrogens is 402 g/mol. The summed E-state index contributed by atoms with van der Waals surface area (Å²) in [4.78, 5) is 21.7. The summed E-state index contributed by atoms with van der Waals surface area (Å²) in [5.74, 6) is 0.813. The molecule has 1 N–H and O–H groups in total. The number of hydrogen-bond donors (Lipinski definition) is 1. The standard InChI is InChI=1S/C20H23N7O4/c1-27-19(23-25-26-27)18(15-8-4-3-5-9-15)24-31-14-16-10-6-11-17(21-16)22-20(28)30-13-7-12-29-2/h3-6,8-11H,7,12-14H2,1-2H3,(H,21,22,28). The van der Waals surface area contributed by atoms with E-state index >= 15 is 0 Å². The first-order chi connectivity index (χ1) is 15.2. The van der Waals surface area contributed by atoms with E-state index in [0.29, 0.717) is 36.1 Å². The van der Waals surface area contributed by atoms with Gasteiger partial charge in [0.15, 0.2) is 12.3 Å². The average molecular weight is 425 g/mol. The fourth-order valence-corrected chi connectivity index (χ4v) is 2.55. The number of nitrogens with one attached hydrogen (secondary N) is 1. The lowest BCUT2D eigenvalue weighted by Gasteiger charge is -2.08. The zero-order valence-corrected chi connectivity index (χ0v) is 17.3. The molecule has 0 saturated carbocycles. The molecule has 0 atom stereocenters. The van der Waals surface area contributed by atoms with E-state index in [0.717, 1.165) is 5.56 Å². The zero-order valence-electron chi connectivity index (χ0n) is 17.3. The summed E-state index contributed by atoms with van der Waals surface area (Å²) in [6, 6.07) is 14.6. The number of pyridine rings is 1. The van der Waals surface area contributed by atoms with Crippen molar-refractivity contribution in [2.24, 2.45) is 12.2 Å². The third-order valence-corrected chi connectivity index (χ3v) is 4.01. The number of carbonyl (C=O) groups is 1. The van der Waals surface area contributed by atoms with Gasteiger partial charge in [-0.15, -0.1) is 5.10 Å². The predicted octanol–water partition coefficient (Wildman–Crippen LogP) is 2.16. The Morgan fingerprint density at radius 3 is 2.71 bits per heavy atom. The molecule has 1 aromatic carbocycles. The summed E-state index contributed by atoms with van der Waals surface area (Å²) >= 11 is 0. The largest absolute Gasteiger partial charge is 0.449 e. The van der Waals surface area contributed by atoms with E-state index in [1.807, 2.05) is 30.3 Å². The van der Waals surface area contributed by atoms with Crippen molar-refractivity contribution in [3.63, 3.8) is 0 Å². The predicted molar refractivity (Wildman–Crippen MR) is 111 cm³/mol. The Hall–Kier alpha value is -3.86. The molecule has 0 fully saturated rings. The Morgan fingerprint density at radius 1 is 1.13 bits per heavy atom. The van der Waals surface area contributed by atoms with Crippen LogP contribution in [-0.4, -0.2) is 57.3 Å². The molecule has 0 aliphatic rings. The first-order valence-electron chi connectivity index (χ1n) is 9.54. The molecule has 0 radical (unpaired) electrons. The minimum atomic E-state index is -0.583. The zero-order chi connectivity index (χ0) is 21.9. The number of aryl methyl sites for hydroxylation is 1. The van der Waals surface area contributed by atoms with Crippen LogP contribution in [0.1, 0.15) is 23.5 Å². The van der Waals surface area contributed by atoms with Crippen LogP contribution >= 0.6 is 0 Å². The van der Waals surface area contributed by atoms with E-state index in [1.54, 1.807) is 32.4 Å². The monoisotopic (exact) mass is 425 g/mol. The maximum absolute atomic E-state index is 11.8. The molecule has 3 rings (SSSR count). The normalized spacial score (nSPS) is 11.2. The summed E-state index contributed by atoms with van der Waals surface area (Å²) < 4.78 is 11.5. The maximum atomic E-state index is 11.8. The molecule has 0 bridgehead atoms. The van der Waals surface area contributed by atoms with Gasteiger partial charge in [-0.25, -0.2) is 14.5 Å². The summed E-state index contributed by atoms with van der Waals surface area (Å²) in [5, 5.41) is 18.3. The molecule has 11 heteroatoms. The highest BCUT2D eigenvalue weighted by Gasteiger charge is 2.15. The van der Waals surface area contributed by atoms with Crippen molar-refractivity contribution >= 4 is 17.6 Å². The quantitative estimate of drug-likeness (QED) is 0.298. The first-order valence-corrected chi connectivity index (χ1v) is 9.54. The molecule has 0 unspecified atom stereocenters. The Morgan fingerprint density at radius 2 is 1.97 bits per heavy atom. The van der Waals surface area contributed by atoms with Crippen molar-refractivity contribution in [1.29, 1.82) is 0 Å². The molecule has 2 heterocycles. The molecular formula is C20H23N7O4. The van der Waals surface area contributed by atoms with Crippen LogP contribution in [0, 0.1) is 0 Å². The van der Waals surface area contributed by atoms with Crippen LogP contribution < -0.4 is 5.32 Å². The average Bonchev–Trinajstić information content (AvgIpc) is 3.21. The van der Waals surface area contributed by atoms with Crippen LogP contribution in [0.2, 0.25) is 0 Å². The number of nitrogens with zero attached hydrogens (tertiary/aromatic N) is 6. The highest BCUT2D eigenvalue weighted by Crippen LogP contribution is 2.10. The first kappa shape index (κ1) is 21.8. The SMILES string of the molecule is COCCCOC(=O)Nc1cccc(CON=C(c2ccccc2)c2nnnn2C)n1. The van der Waals surface area contributed by atoms with E-state index in [4.69, 9.17) is 14.3 Å². The van der Waals surface area contributed by atoms with Gasteiger partial charge in [-0.2, -0.15) is 0 Å². The van der Waals surface area contributed by atoms with Crippen LogP contribution in [0.5, 0.6) is 0 Å². The Kier molecular flexibility index (Phi) is 8.00. The number of tetrazole rings is 1. The van der Waals surface area contributed by atoms with Gasteiger partial charge in [0.2, 0.25) is 5.82 Å². The van der Waals surface area contributed by atoms with Crippen molar-refractivity contribution in [2.75, 3.05) is 25.6 Å². The van der Waals surface area contributed by atoms with Crippen LogP contribution in [0.3, 0.4) is 0 Å². The second-order valence-corrected chi connectivity index (χ2v) is 6.33. The van der Waals surface area contributed by atoms with Gasteiger partial charge in [-0.3, -0.25) is 5.32 Å². The van der Waals surface area contributed by atoms with E-state index in [1.165, 1.54) is 4.68 Å². The van der Waals surface area contributed by atoms with E-state index in [2.05, 4.69) is 31.0 Å². The number of rotatable bonds is 10. The number of methoxy groups -OCH3 is 1. The summed E-state index contributed by atoms with van der Waals surface area (Å²) in [5.41, 5.74) is 1.87. The second kappa shape index (κ2) is 11.4. The van der Waals surface area contributed by atoms with Crippen molar-refractivity contribution in [3.8, 4) is 0 Å². The Bertz CT molecular complexity index is 1010. The Labute approximate surface area is 179 Å². The third-order valence-electron chi connectivity index (χ3n) is 4.01. The minimum absolute atomic E-state index is 0.0834. The second-order valence-electron chi connectivity index (χ2n) is 6.33. The third kappa shape index (κ3) is 6.57. The van der Waals surface area contributed by atoms with Gasteiger partial charge in [0.1, 0.15) is 5.82 Å². The lowest BCUT2D eigenvalue weighted by atomic mass is 10.1. The number of aromatic nitrogens is 5. The van der Waals surface area contributed by atoms with Gasteiger partial charge in [-0.05, 0) is 22.6 Å². The van der Waals surface area contributed by atoms with Crippen molar-refractivity contribution < 1.29 is 19.1 Å². The molecule has 0 spiro atoms. The van der Waals surface area contributed by atoms with E-state index < -0.39 is 6.09 Å². The minimum Gasteiger partial charge on any atom is -0.449 e. The highest BCUT2D eigenvalue weighted by atomic mass is 16.6. The van der Waals surface area contributed by atoms with E-state index in [-0.39, 0.29) is 13.2 Å². The molecule has 0 aliphatic carbocycles. The van der Waals surface area contributed by atoms with Gasteiger partial charge in [0.25, 0.3) is 0 Å².